The summed E-state index contributed by atoms with van der Waals surface area (Å²) in [5.74, 6) is 0. The largest absolute Gasteiger partial charge is 0.618 e. The molecule has 0 unspecified atom stereocenters. The molecule has 0 atom stereocenters. The predicted octanol–water partition coefficient (Wildman–Crippen LogP) is 7.32. The SMILES string of the molecule is [O-][n+]1c(C2=C(N3CCCC3)c3ccccc3C2)c(Cl)c(Cl)c(Cl)c1C1=C(N2CCCC2)c2ccccc2C1. The van der Waals surface area contributed by atoms with Crippen molar-refractivity contribution in [2.24, 2.45) is 0 Å². The van der Waals surface area contributed by atoms with Crippen LogP contribution in [-0.2, 0) is 12.8 Å². The van der Waals surface area contributed by atoms with E-state index >= 15 is 0 Å². The number of aromatic nitrogens is 1. The average molecular weight is 565 g/mol. The Labute approximate surface area is 238 Å². The minimum Gasteiger partial charge on any atom is -0.618 e. The molecular formula is C31H28Cl3N3O. The van der Waals surface area contributed by atoms with Crippen LogP contribution >= 0.6 is 34.8 Å². The molecular weight excluding hydrogens is 537 g/mol. The summed E-state index contributed by atoms with van der Waals surface area (Å²) in [4.78, 5) is 4.81. The summed E-state index contributed by atoms with van der Waals surface area (Å²) in [6.07, 6.45) is 5.84. The highest BCUT2D eigenvalue weighted by Gasteiger charge is 2.39. The molecule has 2 aliphatic carbocycles. The topological polar surface area (TPSA) is 33.4 Å². The molecule has 0 spiro atoms. The van der Waals surface area contributed by atoms with Gasteiger partial charge < -0.3 is 15.0 Å². The van der Waals surface area contributed by atoms with Gasteiger partial charge in [0.05, 0.1) is 27.6 Å². The van der Waals surface area contributed by atoms with E-state index in [1.54, 1.807) is 0 Å². The van der Waals surface area contributed by atoms with Gasteiger partial charge >= 0.3 is 0 Å². The molecule has 0 bridgehead atoms. The molecule has 38 heavy (non-hydrogen) atoms. The Morgan fingerprint density at radius 2 is 0.974 bits per heavy atom. The molecule has 2 aliphatic heterocycles. The second-order valence-corrected chi connectivity index (χ2v) is 11.8. The molecule has 3 heterocycles. The van der Waals surface area contributed by atoms with E-state index in [4.69, 9.17) is 34.8 Å². The molecule has 4 aliphatic rings. The van der Waals surface area contributed by atoms with E-state index in [9.17, 15) is 5.21 Å². The highest BCUT2D eigenvalue weighted by molar-refractivity contribution is 6.49. The summed E-state index contributed by atoms with van der Waals surface area (Å²) in [5, 5.41) is 15.3. The van der Waals surface area contributed by atoms with Gasteiger partial charge in [-0.25, -0.2) is 0 Å². The maximum absolute atomic E-state index is 14.5. The third-order valence-corrected chi connectivity index (χ3v) is 9.78. The lowest BCUT2D eigenvalue weighted by Gasteiger charge is -2.24. The van der Waals surface area contributed by atoms with Crippen LogP contribution in [0.2, 0.25) is 15.1 Å². The van der Waals surface area contributed by atoms with E-state index < -0.39 is 0 Å². The van der Waals surface area contributed by atoms with Gasteiger partial charge in [-0.05, 0) is 36.8 Å². The van der Waals surface area contributed by atoms with E-state index in [0.29, 0.717) is 24.2 Å². The van der Waals surface area contributed by atoms with Crippen molar-refractivity contribution in [3.63, 3.8) is 0 Å². The van der Waals surface area contributed by atoms with Gasteiger partial charge in [0.1, 0.15) is 10.0 Å². The van der Waals surface area contributed by atoms with Crippen LogP contribution in [0.1, 0.15) is 59.3 Å². The molecule has 194 valence electrons. The third kappa shape index (κ3) is 3.68. The third-order valence-electron chi connectivity index (χ3n) is 8.47. The first-order chi connectivity index (χ1) is 18.5. The summed E-state index contributed by atoms with van der Waals surface area (Å²) in [6, 6.07) is 16.8. The van der Waals surface area contributed by atoms with Gasteiger partial charge in [-0.15, -0.1) is 0 Å². The number of benzene rings is 2. The molecule has 2 aromatic carbocycles. The number of nitrogens with zero attached hydrogens (tertiary/aromatic N) is 3. The Kier molecular flexibility index (Phi) is 6.11. The molecule has 2 fully saturated rings. The van der Waals surface area contributed by atoms with Gasteiger partial charge in [-0.3, -0.25) is 0 Å². The molecule has 1 aromatic heterocycles. The summed E-state index contributed by atoms with van der Waals surface area (Å²) in [6.45, 7) is 3.88. The van der Waals surface area contributed by atoms with Gasteiger partial charge in [0.2, 0.25) is 11.4 Å². The monoisotopic (exact) mass is 563 g/mol. The van der Waals surface area contributed by atoms with Crippen LogP contribution in [0.4, 0.5) is 0 Å². The Morgan fingerprint density at radius 1 is 0.579 bits per heavy atom. The molecule has 2 saturated heterocycles. The van der Waals surface area contributed by atoms with Crippen LogP contribution in [-0.4, -0.2) is 36.0 Å². The Morgan fingerprint density at radius 3 is 1.39 bits per heavy atom. The molecule has 3 aromatic rings. The molecule has 7 heteroatoms. The molecule has 4 nitrogen and oxygen atoms in total. The molecule has 0 saturated carbocycles. The van der Waals surface area contributed by atoms with Crippen molar-refractivity contribution in [2.45, 2.75) is 38.5 Å². The lowest BCUT2D eigenvalue weighted by molar-refractivity contribution is -0.610. The maximum atomic E-state index is 14.5. The zero-order valence-electron chi connectivity index (χ0n) is 21.1. The second kappa shape index (κ2) is 9.51. The van der Waals surface area contributed by atoms with E-state index in [1.165, 1.54) is 22.3 Å². The average Bonchev–Trinajstić information content (AvgIpc) is 3.73. The standard InChI is InChI=1S/C31H28Cl3N3O/c32-25-26(33)30(23-17-19-9-1-3-11-21(19)28(23)35-13-5-6-14-35)37(38)31(27(25)34)24-18-20-10-2-4-12-22(20)29(24)36-15-7-8-16-36/h1-4,9-12H,5-8,13-18H2. The van der Waals surface area contributed by atoms with E-state index in [2.05, 4.69) is 58.3 Å². The van der Waals surface area contributed by atoms with Gasteiger partial charge in [0.15, 0.2) is 0 Å². The van der Waals surface area contributed by atoms with Gasteiger partial charge in [-0.1, -0.05) is 83.3 Å². The lowest BCUT2D eigenvalue weighted by atomic mass is 10.0. The van der Waals surface area contributed by atoms with Crippen molar-refractivity contribution in [2.75, 3.05) is 26.2 Å². The first-order valence-electron chi connectivity index (χ1n) is 13.5. The zero-order valence-corrected chi connectivity index (χ0v) is 23.3. The highest BCUT2D eigenvalue weighted by Crippen LogP contribution is 2.48. The van der Waals surface area contributed by atoms with Crippen LogP contribution in [0.25, 0.3) is 22.5 Å². The number of allylic oxidation sites excluding steroid dienone is 2. The first kappa shape index (κ1) is 24.4. The number of halogens is 3. The fraction of sp³-hybridized carbons (Fsp3) is 0.323. The van der Waals surface area contributed by atoms with Crippen molar-refractivity contribution in [3.05, 3.63) is 102 Å². The van der Waals surface area contributed by atoms with Crippen LogP contribution in [0, 0.1) is 5.21 Å². The molecule has 7 rings (SSSR count). The maximum Gasteiger partial charge on any atom is 0.243 e. The highest BCUT2D eigenvalue weighted by atomic mass is 35.5. The van der Waals surface area contributed by atoms with Crippen LogP contribution in [0.5, 0.6) is 0 Å². The van der Waals surface area contributed by atoms with E-state index in [1.807, 2.05) is 0 Å². The number of likely N-dealkylation sites (tertiary alicyclic amines) is 2. The summed E-state index contributed by atoms with van der Waals surface area (Å²) >= 11 is 20.7. The summed E-state index contributed by atoms with van der Waals surface area (Å²) in [7, 11) is 0. The van der Waals surface area contributed by atoms with Crippen LogP contribution in [0.3, 0.4) is 0 Å². The van der Waals surface area contributed by atoms with E-state index in [-0.39, 0.29) is 15.1 Å². The smallest absolute Gasteiger partial charge is 0.243 e. The van der Waals surface area contributed by atoms with Gasteiger partial charge in [0, 0.05) is 50.1 Å². The number of fused-ring (bicyclic) bond motifs is 2. The number of hydrogen-bond acceptors (Lipinski definition) is 3. The lowest BCUT2D eigenvalue weighted by Crippen LogP contribution is -2.38. The van der Waals surface area contributed by atoms with Crippen molar-refractivity contribution >= 4 is 57.3 Å². The summed E-state index contributed by atoms with van der Waals surface area (Å²) < 4.78 is 0.991. The number of rotatable bonds is 4. The molecule has 0 N–H and O–H groups in total. The summed E-state index contributed by atoms with van der Waals surface area (Å²) in [5.41, 5.74) is 9.72. The fourth-order valence-electron chi connectivity index (χ4n) is 6.78. The number of pyridine rings is 1. The van der Waals surface area contributed by atoms with Crippen LogP contribution < -0.4 is 4.73 Å². The zero-order chi connectivity index (χ0) is 26.0. The van der Waals surface area contributed by atoms with Crippen molar-refractivity contribution in [3.8, 4) is 0 Å². The first-order valence-corrected chi connectivity index (χ1v) is 14.6. The minimum atomic E-state index is 0.230. The number of hydrogen-bond donors (Lipinski definition) is 0. The Balaban J connectivity index is 1.48. The van der Waals surface area contributed by atoms with Crippen molar-refractivity contribution < 1.29 is 4.73 Å². The fourth-order valence-corrected chi connectivity index (χ4v) is 7.58. The van der Waals surface area contributed by atoms with Crippen molar-refractivity contribution in [1.82, 2.24) is 9.80 Å². The van der Waals surface area contributed by atoms with Gasteiger partial charge in [-0.2, -0.15) is 4.73 Å². The second-order valence-electron chi connectivity index (χ2n) is 10.6. The molecule has 0 amide bonds. The Bertz CT molecular complexity index is 1420. The molecule has 0 radical (unpaired) electrons. The van der Waals surface area contributed by atoms with Gasteiger partial charge in [0.25, 0.3) is 0 Å². The van der Waals surface area contributed by atoms with E-state index in [0.717, 1.165) is 79.1 Å². The Hall–Kier alpha value is -2.66. The van der Waals surface area contributed by atoms with Crippen LogP contribution in [0.15, 0.2) is 48.5 Å². The predicted molar refractivity (Wildman–Crippen MR) is 156 cm³/mol. The quantitative estimate of drug-likeness (QED) is 0.246. The van der Waals surface area contributed by atoms with Crippen molar-refractivity contribution in [1.29, 1.82) is 0 Å². The minimum absolute atomic E-state index is 0.230. The normalized spacial score (nSPS) is 18.7.